The van der Waals surface area contributed by atoms with Crippen LogP contribution in [0.1, 0.15) is 5.56 Å². The summed E-state index contributed by atoms with van der Waals surface area (Å²) in [6, 6.07) is 2.89. The zero-order valence-corrected chi connectivity index (χ0v) is 7.01. The maximum atomic E-state index is 12.7. The maximum Gasteiger partial charge on any atom is 0.128 e. The molecule has 0 nitrogen and oxygen atoms in total. The molecule has 0 aromatic heterocycles. The summed E-state index contributed by atoms with van der Waals surface area (Å²) in [6.07, 6.45) is 0. The van der Waals surface area contributed by atoms with Gasteiger partial charge in [0.15, 0.2) is 0 Å². The van der Waals surface area contributed by atoms with Crippen LogP contribution in [-0.2, 0) is 0 Å². The summed E-state index contributed by atoms with van der Waals surface area (Å²) in [5, 5.41) is 0.383. The first kappa shape index (κ1) is 7.89. The molecule has 0 unspecified atom stereocenters. The summed E-state index contributed by atoms with van der Waals surface area (Å²) in [6.45, 7) is 1.66. The quantitative estimate of drug-likeness (QED) is 0.577. The van der Waals surface area contributed by atoms with Gasteiger partial charge in [-0.25, -0.2) is 4.39 Å². The monoisotopic (exact) mass is 176 g/mol. The van der Waals surface area contributed by atoms with E-state index in [0.29, 0.717) is 15.5 Å². The van der Waals surface area contributed by atoms with Crippen LogP contribution in [0.2, 0.25) is 5.02 Å². The summed E-state index contributed by atoms with van der Waals surface area (Å²) < 4.78 is 12.7. The Morgan fingerprint density at radius 1 is 1.50 bits per heavy atom. The number of halogens is 2. The molecule has 0 heterocycles. The van der Waals surface area contributed by atoms with Crippen LogP contribution < -0.4 is 0 Å². The predicted molar refractivity (Wildman–Crippen MR) is 43.4 cm³/mol. The molecule has 1 rings (SSSR count). The molecule has 54 valence electrons. The summed E-state index contributed by atoms with van der Waals surface area (Å²) in [7, 11) is 0. The van der Waals surface area contributed by atoms with Gasteiger partial charge in [0.25, 0.3) is 0 Å². The third-order valence-corrected chi connectivity index (χ3v) is 1.96. The van der Waals surface area contributed by atoms with Gasteiger partial charge >= 0.3 is 0 Å². The smallest absolute Gasteiger partial charge is 0.128 e. The second kappa shape index (κ2) is 2.81. The molecule has 0 saturated carbocycles. The molecule has 0 atom stereocenters. The standard InChI is InChI=1S/C7H6ClFS/c1-4-6(9)2-5(8)3-7(4)10/h2-3,10H,1H3. The van der Waals surface area contributed by atoms with E-state index in [2.05, 4.69) is 12.6 Å². The van der Waals surface area contributed by atoms with Crippen molar-refractivity contribution in [3.8, 4) is 0 Å². The fourth-order valence-corrected chi connectivity index (χ4v) is 1.16. The number of hydrogen-bond donors (Lipinski definition) is 1. The van der Waals surface area contributed by atoms with Crippen LogP contribution in [0.25, 0.3) is 0 Å². The lowest BCUT2D eigenvalue weighted by Gasteiger charge is -1.99. The Morgan fingerprint density at radius 2 is 2.10 bits per heavy atom. The molecule has 3 heteroatoms. The van der Waals surface area contributed by atoms with Gasteiger partial charge in [-0.05, 0) is 24.6 Å². The van der Waals surface area contributed by atoms with E-state index in [1.165, 1.54) is 6.07 Å². The van der Waals surface area contributed by atoms with Crippen LogP contribution in [-0.4, -0.2) is 0 Å². The molecule has 0 aliphatic rings. The molecule has 0 bridgehead atoms. The minimum atomic E-state index is -0.308. The summed E-state index contributed by atoms with van der Waals surface area (Å²) in [5.74, 6) is -0.308. The van der Waals surface area contributed by atoms with Gasteiger partial charge in [-0.15, -0.1) is 12.6 Å². The van der Waals surface area contributed by atoms with Crippen molar-refractivity contribution >= 4 is 24.2 Å². The van der Waals surface area contributed by atoms with Crippen LogP contribution in [0.5, 0.6) is 0 Å². The van der Waals surface area contributed by atoms with Crippen LogP contribution in [0.4, 0.5) is 4.39 Å². The van der Waals surface area contributed by atoms with E-state index in [1.807, 2.05) is 0 Å². The van der Waals surface area contributed by atoms with Gasteiger partial charge in [0.1, 0.15) is 5.82 Å². The van der Waals surface area contributed by atoms with E-state index in [0.717, 1.165) is 0 Å². The fraction of sp³-hybridized carbons (Fsp3) is 0.143. The zero-order valence-electron chi connectivity index (χ0n) is 5.36. The van der Waals surface area contributed by atoms with Crippen molar-refractivity contribution in [3.05, 3.63) is 28.5 Å². The van der Waals surface area contributed by atoms with Crippen molar-refractivity contribution in [2.75, 3.05) is 0 Å². The third-order valence-electron chi connectivity index (χ3n) is 1.28. The first-order chi connectivity index (χ1) is 4.61. The number of benzene rings is 1. The Bertz CT molecular complexity index is 237. The van der Waals surface area contributed by atoms with Gasteiger partial charge in [0.2, 0.25) is 0 Å². The highest BCUT2D eigenvalue weighted by molar-refractivity contribution is 7.80. The van der Waals surface area contributed by atoms with Gasteiger partial charge in [-0.1, -0.05) is 11.6 Å². The highest BCUT2D eigenvalue weighted by Gasteiger charge is 2.01. The van der Waals surface area contributed by atoms with Crippen molar-refractivity contribution in [1.82, 2.24) is 0 Å². The molecular weight excluding hydrogens is 171 g/mol. The topological polar surface area (TPSA) is 0 Å². The molecule has 0 radical (unpaired) electrons. The Labute approximate surface area is 69.4 Å². The SMILES string of the molecule is Cc1c(F)cc(Cl)cc1S. The number of rotatable bonds is 0. The van der Waals surface area contributed by atoms with E-state index in [4.69, 9.17) is 11.6 Å². The largest absolute Gasteiger partial charge is 0.207 e. The first-order valence-electron chi connectivity index (χ1n) is 2.76. The molecule has 0 saturated heterocycles. The lowest BCUT2D eigenvalue weighted by Crippen LogP contribution is -1.83. The summed E-state index contributed by atoms with van der Waals surface area (Å²) in [5.41, 5.74) is 0.535. The Hall–Kier alpha value is -0.210. The maximum absolute atomic E-state index is 12.7. The molecule has 0 spiro atoms. The lowest BCUT2D eigenvalue weighted by molar-refractivity contribution is 0.614. The molecule has 0 fully saturated rings. The van der Waals surface area contributed by atoms with E-state index in [1.54, 1.807) is 13.0 Å². The Kier molecular flexibility index (Phi) is 2.21. The molecular formula is C7H6ClFS. The highest BCUT2D eigenvalue weighted by Crippen LogP contribution is 2.21. The van der Waals surface area contributed by atoms with Gasteiger partial charge in [0, 0.05) is 9.92 Å². The minimum absolute atomic E-state index is 0.308. The third kappa shape index (κ3) is 1.44. The second-order valence-corrected chi connectivity index (χ2v) is 2.95. The van der Waals surface area contributed by atoms with E-state index in [9.17, 15) is 4.39 Å². The molecule has 0 aliphatic heterocycles. The minimum Gasteiger partial charge on any atom is -0.207 e. The molecule has 0 amide bonds. The van der Waals surface area contributed by atoms with Crippen LogP contribution in [0.15, 0.2) is 17.0 Å². The van der Waals surface area contributed by atoms with Gasteiger partial charge < -0.3 is 0 Å². The zero-order chi connectivity index (χ0) is 7.72. The van der Waals surface area contributed by atoms with Gasteiger partial charge in [-0.3, -0.25) is 0 Å². The molecule has 0 N–H and O–H groups in total. The van der Waals surface area contributed by atoms with E-state index in [-0.39, 0.29) is 5.82 Å². The average Bonchev–Trinajstić information content (AvgIpc) is 1.82. The predicted octanol–water partition coefficient (Wildman–Crippen LogP) is 3.08. The average molecular weight is 177 g/mol. The molecule has 1 aromatic carbocycles. The van der Waals surface area contributed by atoms with Crippen molar-refractivity contribution in [1.29, 1.82) is 0 Å². The number of thiol groups is 1. The van der Waals surface area contributed by atoms with Crippen molar-refractivity contribution in [2.45, 2.75) is 11.8 Å². The van der Waals surface area contributed by atoms with Crippen LogP contribution in [0.3, 0.4) is 0 Å². The molecule has 1 aromatic rings. The number of hydrogen-bond acceptors (Lipinski definition) is 1. The van der Waals surface area contributed by atoms with E-state index < -0.39 is 0 Å². The van der Waals surface area contributed by atoms with Crippen molar-refractivity contribution < 1.29 is 4.39 Å². The molecule has 10 heavy (non-hydrogen) atoms. The fourth-order valence-electron chi connectivity index (χ4n) is 0.632. The Balaban J connectivity index is 3.31. The summed E-state index contributed by atoms with van der Waals surface area (Å²) >= 11 is 9.55. The van der Waals surface area contributed by atoms with E-state index >= 15 is 0 Å². The first-order valence-corrected chi connectivity index (χ1v) is 3.58. The van der Waals surface area contributed by atoms with Crippen LogP contribution in [0, 0.1) is 12.7 Å². The van der Waals surface area contributed by atoms with Gasteiger partial charge in [-0.2, -0.15) is 0 Å². The normalized spacial score (nSPS) is 10.0. The van der Waals surface area contributed by atoms with Crippen molar-refractivity contribution in [3.63, 3.8) is 0 Å². The Morgan fingerprint density at radius 3 is 2.60 bits per heavy atom. The highest BCUT2D eigenvalue weighted by atomic mass is 35.5. The van der Waals surface area contributed by atoms with Gasteiger partial charge in [0.05, 0.1) is 0 Å². The summed E-state index contributed by atoms with van der Waals surface area (Å²) in [4.78, 5) is 0.588. The molecule has 0 aliphatic carbocycles. The second-order valence-electron chi connectivity index (χ2n) is 2.03. The van der Waals surface area contributed by atoms with Crippen LogP contribution >= 0.6 is 24.2 Å². The van der Waals surface area contributed by atoms with Crippen molar-refractivity contribution in [2.24, 2.45) is 0 Å². The lowest BCUT2D eigenvalue weighted by atomic mass is 10.2.